The van der Waals surface area contributed by atoms with Gasteiger partial charge in [-0.1, -0.05) is 5.10 Å². The summed E-state index contributed by atoms with van der Waals surface area (Å²) < 4.78 is 1.37. The van der Waals surface area contributed by atoms with Crippen LogP contribution in [-0.4, -0.2) is 36.8 Å². The maximum absolute atomic E-state index is 10.7. The Hall–Kier alpha value is -1.66. The molecule has 0 aliphatic rings. The van der Waals surface area contributed by atoms with E-state index in [1.165, 1.54) is 18.5 Å². The van der Waals surface area contributed by atoms with Gasteiger partial charge >= 0.3 is 5.97 Å². The summed E-state index contributed by atoms with van der Waals surface area (Å²) in [7, 11) is 1.63. The second-order valence-electron chi connectivity index (χ2n) is 3.18. The second kappa shape index (κ2) is 3.00. The molecule has 1 aromatic rings. The Bertz CT molecular complexity index is 319. The summed E-state index contributed by atoms with van der Waals surface area (Å²) in [4.78, 5) is 10.7. The topological polar surface area (TPSA) is 92.9 Å². The van der Waals surface area contributed by atoms with Crippen LogP contribution in [0.4, 0.5) is 5.95 Å². The molecule has 0 aromatic carbocycles. The lowest BCUT2D eigenvalue weighted by atomic mass is 10.1. The Balaban J connectivity index is 2.80. The summed E-state index contributed by atoms with van der Waals surface area (Å²) >= 11 is 0. The van der Waals surface area contributed by atoms with E-state index in [0.29, 0.717) is 5.95 Å². The number of aryl methyl sites for hydroxylation is 1. The average molecular weight is 185 g/mol. The van der Waals surface area contributed by atoms with E-state index in [4.69, 9.17) is 5.11 Å². The third-order valence-corrected chi connectivity index (χ3v) is 1.58. The van der Waals surface area contributed by atoms with Crippen LogP contribution in [0.25, 0.3) is 0 Å². The van der Waals surface area contributed by atoms with Gasteiger partial charge in [-0.25, -0.2) is 9.48 Å². The fourth-order valence-corrected chi connectivity index (χ4v) is 0.668. The van der Waals surface area contributed by atoms with Crippen molar-refractivity contribution in [3.05, 3.63) is 0 Å². The number of hydrogen-bond donors (Lipinski definition) is 2. The van der Waals surface area contributed by atoms with E-state index in [1.807, 2.05) is 0 Å². The molecule has 2 N–H and O–H groups in total. The van der Waals surface area contributed by atoms with E-state index in [-0.39, 0.29) is 0 Å². The summed E-state index contributed by atoms with van der Waals surface area (Å²) in [6, 6.07) is 0. The molecule has 1 aromatic heterocycles. The average Bonchev–Trinajstić information content (AvgIpc) is 2.35. The minimum absolute atomic E-state index is 0.326. The molecule has 7 nitrogen and oxygen atoms in total. The third kappa shape index (κ3) is 1.92. The number of nitrogens with zero attached hydrogens (tertiary/aromatic N) is 4. The monoisotopic (exact) mass is 185 g/mol. The Morgan fingerprint density at radius 2 is 2.23 bits per heavy atom. The Labute approximate surface area is 74.7 Å². The highest BCUT2D eigenvalue weighted by molar-refractivity contribution is 5.80. The van der Waals surface area contributed by atoms with Crippen molar-refractivity contribution < 1.29 is 9.90 Å². The van der Waals surface area contributed by atoms with Gasteiger partial charge in [-0.05, 0) is 24.3 Å². The normalized spacial score (nSPS) is 11.3. The van der Waals surface area contributed by atoms with Gasteiger partial charge in [0.25, 0.3) is 0 Å². The minimum Gasteiger partial charge on any atom is -0.480 e. The van der Waals surface area contributed by atoms with Crippen LogP contribution in [0.2, 0.25) is 0 Å². The van der Waals surface area contributed by atoms with Gasteiger partial charge in [0.1, 0.15) is 5.54 Å². The van der Waals surface area contributed by atoms with Crippen molar-refractivity contribution in [3.63, 3.8) is 0 Å². The summed E-state index contributed by atoms with van der Waals surface area (Å²) in [6.07, 6.45) is 0. The molecule has 1 heterocycles. The summed E-state index contributed by atoms with van der Waals surface area (Å²) in [5.41, 5.74) is -1.08. The number of nitrogens with one attached hydrogen (secondary N) is 1. The summed E-state index contributed by atoms with van der Waals surface area (Å²) in [5.74, 6) is -0.636. The first-order chi connectivity index (χ1) is 5.93. The van der Waals surface area contributed by atoms with E-state index in [9.17, 15) is 4.79 Å². The number of carboxylic acids is 1. The number of rotatable bonds is 3. The smallest absolute Gasteiger partial charge is 0.328 e. The molecular weight excluding hydrogens is 174 g/mol. The van der Waals surface area contributed by atoms with Crippen LogP contribution in [-0.2, 0) is 11.8 Å². The number of aromatic nitrogens is 4. The van der Waals surface area contributed by atoms with Gasteiger partial charge in [-0.3, -0.25) is 0 Å². The number of anilines is 1. The fourth-order valence-electron chi connectivity index (χ4n) is 0.668. The Morgan fingerprint density at radius 3 is 2.62 bits per heavy atom. The van der Waals surface area contributed by atoms with Crippen LogP contribution in [0.3, 0.4) is 0 Å². The zero-order chi connectivity index (χ0) is 10.1. The zero-order valence-corrected chi connectivity index (χ0v) is 7.64. The Morgan fingerprint density at radius 1 is 1.62 bits per heavy atom. The fraction of sp³-hybridized carbons (Fsp3) is 0.667. The van der Waals surface area contributed by atoms with Gasteiger partial charge in [-0.15, -0.1) is 0 Å². The van der Waals surface area contributed by atoms with Crippen molar-refractivity contribution in [2.45, 2.75) is 19.4 Å². The van der Waals surface area contributed by atoms with E-state index < -0.39 is 11.5 Å². The molecule has 0 spiro atoms. The van der Waals surface area contributed by atoms with Crippen molar-refractivity contribution >= 4 is 11.9 Å². The third-order valence-electron chi connectivity index (χ3n) is 1.58. The van der Waals surface area contributed by atoms with Gasteiger partial charge in [0.2, 0.25) is 5.95 Å². The molecule has 0 saturated carbocycles. The van der Waals surface area contributed by atoms with Crippen molar-refractivity contribution in [1.82, 2.24) is 20.2 Å². The number of carbonyl (C=O) groups is 1. The van der Waals surface area contributed by atoms with Crippen molar-refractivity contribution in [3.8, 4) is 0 Å². The van der Waals surface area contributed by atoms with E-state index in [0.717, 1.165) is 0 Å². The standard InChI is InChI=1S/C6H11N5O2/c1-6(2,4(12)13)7-5-8-9-10-11(5)3/h1-3H3,(H,12,13)(H,7,8,10). The molecule has 0 radical (unpaired) electrons. The number of carboxylic acid groups (broad SMARTS) is 1. The number of hydrogen-bond acceptors (Lipinski definition) is 5. The van der Waals surface area contributed by atoms with Crippen LogP contribution in [0, 0.1) is 0 Å². The molecule has 7 heteroatoms. The van der Waals surface area contributed by atoms with E-state index in [1.54, 1.807) is 7.05 Å². The Kier molecular flexibility index (Phi) is 2.18. The molecule has 0 amide bonds. The molecule has 0 fully saturated rings. The molecule has 0 atom stereocenters. The second-order valence-corrected chi connectivity index (χ2v) is 3.18. The van der Waals surface area contributed by atoms with Gasteiger partial charge in [0.05, 0.1) is 0 Å². The van der Waals surface area contributed by atoms with Gasteiger partial charge in [-0.2, -0.15) is 0 Å². The highest BCUT2D eigenvalue weighted by Gasteiger charge is 2.28. The van der Waals surface area contributed by atoms with E-state index >= 15 is 0 Å². The highest BCUT2D eigenvalue weighted by atomic mass is 16.4. The van der Waals surface area contributed by atoms with Crippen molar-refractivity contribution in [2.75, 3.05) is 5.32 Å². The molecule has 0 aliphatic carbocycles. The minimum atomic E-state index is -1.08. The molecule has 72 valence electrons. The van der Waals surface area contributed by atoms with Gasteiger partial charge < -0.3 is 10.4 Å². The molecular formula is C6H11N5O2. The van der Waals surface area contributed by atoms with E-state index in [2.05, 4.69) is 20.8 Å². The van der Waals surface area contributed by atoms with Crippen LogP contribution in [0.15, 0.2) is 0 Å². The quantitative estimate of drug-likeness (QED) is 0.658. The first-order valence-electron chi connectivity index (χ1n) is 3.67. The summed E-state index contributed by atoms with van der Waals surface area (Å²) in [6.45, 7) is 3.06. The van der Waals surface area contributed by atoms with Crippen LogP contribution < -0.4 is 5.32 Å². The maximum atomic E-state index is 10.7. The molecule has 0 aliphatic heterocycles. The van der Waals surface area contributed by atoms with Crippen LogP contribution in [0.5, 0.6) is 0 Å². The molecule has 0 saturated heterocycles. The molecule has 0 bridgehead atoms. The SMILES string of the molecule is Cn1nnnc1NC(C)(C)C(=O)O. The van der Waals surface area contributed by atoms with Gasteiger partial charge in [0.15, 0.2) is 0 Å². The largest absolute Gasteiger partial charge is 0.480 e. The number of aliphatic carboxylic acids is 1. The zero-order valence-electron chi connectivity index (χ0n) is 7.64. The highest BCUT2D eigenvalue weighted by Crippen LogP contribution is 2.10. The lowest BCUT2D eigenvalue weighted by molar-refractivity contribution is -0.141. The molecule has 1 rings (SSSR count). The predicted molar refractivity (Wildman–Crippen MR) is 44.1 cm³/mol. The summed E-state index contributed by atoms with van der Waals surface area (Å²) in [5, 5.41) is 22.0. The van der Waals surface area contributed by atoms with Crippen LogP contribution in [0.1, 0.15) is 13.8 Å². The van der Waals surface area contributed by atoms with Crippen LogP contribution >= 0.6 is 0 Å². The lowest BCUT2D eigenvalue weighted by Gasteiger charge is -2.20. The predicted octanol–water partition coefficient (Wildman–Crippen LogP) is -0.515. The lowest BCUT2D eigenvalue weighted by Crippen LogP contribution is -2.40. The van der Waals surface area contributed by atoms with Gasteiger partial charge in [0, 0.05) is 7.05 Å². The molecule has 0 unspecified atom stereocenters. The van der Waals surface area contributed by atoms with Crippen molar-refractivity contribution in [1.29, 1.82) is 0 Å². The number of tetrazole rings is 1. The maximum Gasteiger partial charge on any atom is 0.328 e. The first kappa shape index (κ1) is 9.43. The van der Waals surface area contributed by atoms with Crippen molar-refractivity contribution in [2.24, 2.45) is 7.05 Å². The molecule has 13 heavy (non-hydrogen) atoms. The first-order valence-corrected chi connectivity index (χ1v) is 3.67.